The second-order valence-corrected chi connectivity index (χ2v) is 10.1. The SMILES string of the molecule is O=C1CSC(=O)N1CCNC(=O)C1(S(=O)(=O)c2ccc(Cl)cc2)CCCC1. The van der Waals surface area contributed by atoms with Crippen LogP contribution in [0.5, 0.6) is 0 Å². The summed E-state index contributed by atoms with van der Waals surface area (Å²) in [6.07, 6.45) is 1.75. The van der Waals surface area contributed by atoms with Crippen molar-refractivity contribution in [3.05, 3.63) is 29.3 Å². The Bertz CT molecular complexity index is 848. The summed E-state index contributed by atoms with van der Waals surface area (Å²) < 4.78 is 24.9. The van der Waals surface area contributed by atoms with Gasteiger partial charge in [-0.3, -0.25) is 19.3 Å². The lowest BCUT2D eigenvalue weighted by atomic mass is 10.1. The minimum Gasteiger partial charge on any atom is -0.353 e. The van der Waals surface area contributed by atoms with Crippen molar-refractivity contribution in [3.8, 4) is 0 Å². The second kappa shape index (κ2) is 7.81. The normalized spacial score (nSPS) is 19.5. The number of imide groups is 1. The molecule has 0 aromatic heterocycles. The third kappa shape index (κ3) is 3.72. The van der Waals surface area contributed by atoms with Crippen LogP contribution in [-0.2, 0) is 19.4 Å². The molecule has 1 aromatic rings. The van der Waals surface area contributed by atoms with E-state index < -0.39 is 20.5 Å². The second-order valence-electron chi connectivity index (χ2n) is 6.51. The number of halogens is 1. The van der Waals surface area contributed by atoms with E-state index in [0.29, 0.717) is 17.9 Å². The summed E-state index contributed by atoms with van der Waals surface area (Å²) in [4.78, 5) is 37.2. The van der Waals surface area contributed by atoms with E-state index in [9.17, 15) is 22.8 Å². The van der Waals surface area contributed by atoms with Gasteiger partial charge in [0.25, 0.3) is 5.24 Å². The quantitative estimate of drug-likeness (QED) is 0.742. The van der Waals surface area contributed by atoms with Crippen molar-refractivity contribution in [2.24, 2.45) is 0 Å². The molecule has 0 bridgehead atoms. The van der Waals surface area contributed by atoms with Gasteiger partial charge in [-0.2, -0.15) is 0 Å². The molecule has 0 spiro atoms. The van der Waals surface area contributed by atoms with Crippen LogP contribution >= 0.6 is 23.4 Å². The Morgan fingerprint density at radius 1 is 1.19 bits per heavy atom. The van der Waals surface area contributed by atoms with Crippen molar-refractivity contribution < 1.29 is 22.8 Å². The molecule has 1 heterocycles. The first kappa shape index (κ1) is 20.2. The van der Waals surface area contributed by atoms with Gasteiger partial charge in [0, 0.05) is 18.1 Å². The number of carbonyl (C=O) groups is 3. The van der Waals surface area contributed by atoms with Crippen LogP contribution in [0.15, 0.2) is 29.2 Å². The van der Waals surface area contributed by atoms with E-state index in [1.54, 1.807) is 0 Å². The molecule has 7 nitrogen and oxygen atoms in total. The molecule has 0 atom stereocenters. The average Bonchev–Trinajstić information content (AvgIpc) is 3.25. The Morgan fingerprint density at radius 3 is 2.37 bits per heavy atom. The lowest BCUT2D eigenvalue weighted by molar-refractivity contribution is -0.126. The zero-order chi connectivity index (χ0) is 19.7. The minimum absolute atomic E-state index is 0.0226. The van der Waals surface area contributed by atoms with E-state index >= 15 is 0 Å². The number of nitrogens with one attached hydrogen (secondary N) is 1. The first-order chi connectivity index (χ1) is 12.8. The molecule has 3 rings (SSSR count). The number of thioether (sulfide) groups is 1. The molecular formula is C17H19ClN2O5S2. The van der Waals surface area contributed by atoms with Gasteiger partial charge < -0.3 is 5.32 Å². The Labute approximate surface area is 166 Å². The van der Waals surface area contributed by atoms with E-state index in [1.165, 1.54) is 24.3 Å². The van der Waals surface area contributed by atoms with Crippen molar-refractivity contribution >= 4 is 50.3 Å². The molecule has 1 aliphatic heterocycles. The number of hydrogen-bond acceptors (Lipinski definition) is 6. The molecular weight excluding hydrogens is 412 g/mol. The number of sulfone groups is 1. The Kier molecular flexibility index (Phi) is 5.83. The van der Waals surface area contributed by atoms with E-state index in [2.05, 4.69) is 5.32 Å². The molecule has 0 radical (unpaired) electrons. The fraction of sp³-hybridized carbons (Fsp3) is 0.471. The number of carbonyl (C=O) groups excluding carboxylic acids is 3. The van der Waals surface area contributed by atoms with Gasteiger partial charge in [-0.15, -0.1) is 0 Å². The van der Waals surface area contributed by atoms with Crippen molar-refractivity contribution in [1.82, 2.24) is 10.2 Å². The molecule has 10 heteroatoms. The lowest BCUT2D eigenvalue weighted by Crippen LogP contribution is -2.52. The van der Waals surface area contributed by atoms with Crippen LogP contribution in [0.2, 0.25) is 5.02 Å². The van der Waals surface area contributed by atoms with Gasteiger partial charge in [0.15, 0.2) is 14.6 Å². The molecule has 1 saturated carbocycles. The summed E-state index contributed by atoms with van der Waals surface area (Å²) in [5.74, 6) is -0.785. The van der Waals surface area contributed by atoms with Crippen molar-refractivity contribution in [2.75, 3.05) is 18.8 Å². The zero-order valence-corrected chi connectivity index (χ0v) is 16.8. The number of benzene rings is 1. The molecule has 2 aliphatic rings. The predicted molar refractivity (Wildman–Crippen MR) is 102 cm³/mol. The molecule has 1 N–H and O–H groups in total. The first-order valence-corrected chi connectivity index (χ1v) is 11.4. The van der Waals surface area contributed by atoms with Crippen LogP contribution in [0, 0.1) is 0 Å². The molecule has 146 valence electrons. The van der Waals surface area contributed by atoms with Gasteiger partial charge in [-0.05, 0) is 37.1 Å². The van der Waals surface area contributed by atoms with Crippen LogP contribution in [0.1, 0.15) is 25.7 Å². The third-order valence-electron chi connectivity index (χ3n) is 4.92. The maximum absolute atomic E-state index is 13.2. The summed E-state index contributed by atoms with van der Waals surface area (Å²) in [7, 11) is -3.91. The van der Waals surface area contributed by atoms with Gasteiger partial charge in [-0.1, -0.05) is 36.2 Å². The highest BCUT2D eigenvalue weighted by atomic mass is 35.5. The maximum atomic E-state index is 13.2. The van der Waals surface area contributed by atoms with Crippen molar-refractivity contribution in [3.63, 3.8) is 0 Å². The largest absolute Gasteiger partial charge is 0.353 e. The molecule has 1 saturated heterocycles. The van der Waals surface area contributed by atoms with Crippen molar-refractivity contribution in [1.29, 1.82) is 0 Å². The molecule has 27 heavy (non-hydrogen) atoms. The average molecular weight is 431 g/mol. The highest BCUT2D eigenvalue weighted by Gasteiger charge is 2.52. The van der Waals surface area contributed by atoms with E-state index in [4.69, 9.17) is 11.6 Å². The van der Waals surface area contributed by atoms with E-state index in [-0.39, 0.29) is 47.7 Å². The van der Waals surface area contributed by atoms with Crippen molar-refractivity contribution in [2.45, 2.75) is 35.3 Å². The highest BCUT2D eigenvalue weighted by molar-refractivity contribution is 8.14. The van der Waals surface area contributed by atoms with Crippen LogP contribution in [0.4, 0.5) is 4.79 Å². The summed E-state index contributed by atoms with van der Waals surface area (Å²) in [6.45, 7) is 0.0578. The van der Waals surface area contributed by atoms with Gasteiger partial charge in [-0.25, -0.2) is 8.42 Å². The van der Waals surface area contributed by atoms with Gasteiger partial charge in [0.2, 0.25) is 11.8 Å². The van der Waals surface area contributed by atoms with E-state index in [1.807, 2.05) is 0 Å². The van der Waals surface area contributed by atoms with Crippen LogP contribution in [-0.4, -0.2) is 54.0 Å². The topological polar surface area (TPSA) is 101 Å². The Hall–Kier alpha value is -1.58. The van der Waals surface area contributed by atoms with Gasteiger partial charge in [0.05, 0.1) is 10.6 Å². The fourth-order valence-electron chi connectivity index (χ4n) is 3.44. The number of rotatable bonds is 6. The highest BCUT2D eigenvalue weighted by Crippen LogP contribution is 2.41. The molecule has 1 aliphatic carbocycles. The Morgan fingerprint density at radius 2 is 1.81 bits per heavy atom. The smallest absolute Gasteiger partial charge is 0.288 e. The summed E-state index contributed by atoms with van der Waals surface area (Å²) >= 11 is 6.76. The molecule has 2 fully saturated rings. The number of hydrogen-bond donors (Lipinski definition) is 1. The predicted octanol–water partition coefficient (Wildman–Crippen LogP) is 2.24. The molecule has 3 amide bonds. The number of amides is 3. The Balaban J connectivity index is 1.75. The van der Waals surface area contributed by atoms with E-state index in [0.717, 1.165) is 16.7 Å². The van der Waals surface area contributed by atoms with Gasteiger partial charge in [0.1, 0.15) is 0 Å². The molecule has 0 unspecified atom stereocenters. The minimum atomic E-state index is -3.91. The molecule has 1 aromatic carbocycles. The number of nitrogens with zero attached hydrogens (tertiary/aromatic N) is 1. The summed E-state index contributed by atoms with van der Waals surface area (Å²) in [5, 5.41) is 2.69. The fourth-order valence-corrected chi connectivity index (χ4v) is 6.41. The summed E-state index contributed by atoms with van der Waals surface area (Å²) in [6, 6.07) is 5.78. The lowest BCUT2D eigenvalue weighted by Gasteiger charge is -2.28. The third-order valence-corrected chi connectivity index (χ3v) is 8.55. The monoisotopic (exact) mass is 430 g/mol. The van der Waals surface area contributed by atoms with Crippen LogP contribution in [0.25, 0.3) is 0 Å². The van der Waals surface area contributed by atoms with Crippen LogP contribution in [0.3, 0.4) is 0 Å². The van der Waals surface area contributed by atoms with Crippen LogP contribution < -0.4 is 5.32 Å². The zero-order valence-electron chi connectivity index (χ0n) is 14.4. The standard InChI is InChI=1S/C17H19ClN2O5S2/c18-12-3-5-13(6-4-12)27(24,25)17(7-1-2-8-17)15(22)19-9-10-20-14(21)11-26-16(20)23/h3-6H,1-2,7-11H2,(H,19,22). The first-order valence-electron chi connectivity index (χ1n) is 8.53. The van der Waals surface area contributed by atoms with Gasteiger partial charge >= 0.3 is 0 Å². The summed E-state index contributed by atoms with van der Waals surface area (Å²) in [5.41, 5.74) is 0. The maximum Gasteiger partial charge on any atom is 0.288 e.